The molecule has 6 nitrogen and oxygen atoms in total. The number of nitrogen functional groups attached to an aromatic ring is 1. The molecule has 1 fully saturated rings. The molecule has 0 radical (unpaired) electrons. The Hall–Kier alpha value is -2.31. The van der Waals surface area contributed by atoms with E-state index < -0.39 is 5.82 Å². The van der Waals surface area contributed by atoms with Gasteiger partial charge in [0.15, 0.2) is 0 Å². The molecule has 0 atom stereocenters. The fraction of sp³-hybridized carbons (Fsp3) is 0.429. The van der Waals surface area contributed by atoms with Crippen LogP contribution in [0.4, 0.5) is 14.9 Å². The number of ether oxygens (including phenoxy) is 1. The smallest absolute Gasteiger partial charge is 0.409 e. The summed E-state index contributed by atoms with van der Waals surface area (Å²) in [5.74, 6) is -0.826. The van der Waals surface area contributed by atoms with Crippen LogP contribution in [0.1, 0.15) is 17.3 Å². The number of benzene rings is 1. The van der Waals surface area contributed by atoms with E-state index in [1.165, 1.54) is 12.1 Å². The van der Waals surface area contributed by atoms with Crippen molar-refractivity contribution in [2.24, 2.45) is 0 Å². The highest BCUT2D eigenvalue weighted by Crippen LogP contribution is 2.17. The summed E-state index contributed by atoms with van der Waals surface area (Å²) < 4.78 is 18.1. The SMILES string of the molecule is CCOC(=O)N1CCN(C(=O)c2cc(F)ccc2N)CC1. The lowest BCUT2D eigenvalue weighted by Crippen LogP contribution is -2.50. The van der Waals surface area contributed by atoms with Crippen molar-refractivity contribution in [3.05, 3.63) is 29.6 Å². The third kappa shape index (κ3) is 3.42. The molecule has 0 aliphatic carbocycles. The molecule has 1 heterocycles. The van der Waals surface area contributed by atoms with Gasteiger partial charge in [0.05, 0.1) is 12.2 Å². The monoisotopic (exact) mass is 295 g/mol. The predicted molar refractivity (Wildman–Crippen MR) is 75.3 cm³/mol. The summed E-state index contributed by atoms with van der Waals surface area (Å²) >= 11 is 0. The maximum Gasteiger partial charge on any atom is 0.409 e. The Kier molecular flexibility index (Phi) is 4.62. The lowest BCUT2D eigenvalue weighted by atomic mass is 10.1. The zero-order chi connectivity index (χ0) is 15.4. The lowest BCUT2D eigenvalue weighted by Gasteiger charge is -2.34. The Morgan fingerprint density at radius 3 is 2.48 bits per heavy atom. The molecule has 1 aromatic rings. The van der Waals surface area contributed by atoms with Gasteiger partial charge in [0.2, 0.25) is 0 Å². The molecule has 1 aromatic carbocycles. The molecule has 1 aliphatic rings. The highest BCUT2D eigenvalue weighted by molar-refractivity contribution is 5.99. The van der Waals surface area contributed by atoms with Crippen LogP contribution in [0.5, 0.6) is 0 Å². The number of piperazine rings is 1. The van der Waals surface area contributed by atoms with Gasteiger partial charge in [0.25, 0.3) is 5.91 Å². The van der Waals surface area contributed by atoms with Gasteiger partial charge in [-0.15, -0.1) is 0 Å². The highest BCUT2D eigenvalue weighted by atomic mass is 19.1. The minimum absolute atomic E-state index is 0.152. The molecule has 2 rings (SSSR count). The molecular weight excluding hydrogens is 277 g/mol. The average molecular weight is 295 g/mol. The van der Waals surface area contributed by atoms with Crippen molar-refractivity contribution < 1.29 is 18.7 Å². The maximum atomic E-state index is 13.2. The van der Waals surface area contributed by atoms with Crippen molar-refractivity contribution in [3.8, 4) is 0 Å². The van der Waals surface area contributed by atoms with Crippen LogP contribution in [0, 0.1) is 5.82 Å². The number of nitrogens with two attached hydrogens (primary N) is 1. The number of carbonyl (C=O) groups is 2. The van der Waals surface area contributed by atoms with E-state index in [1.807, 2.05) is 0 Å². The van der Waals surface area contributed by atoms with Crippen molar-refractivity contribution >= 4 is 17.7 Å². The number of nitrogens with zero attached hydrogens (tertiary/aromatic N) is 2. The average Bonchev–Trinajstić information content (AvgIpc) is 2.49. The van der Waals surface area contributed by atoms with Crippen LogP contribution in [0.15, 0.2) is 18.2 Å². The number of carbonyl (C=O) groups excluding carboxylic acids is 2. The van der Waals surface area contributed by atoms with Crippen molar-refractivity contribution in [2.75, 3.05) is 38.5 Å². The number of rotatable bonds is 2. The maximum absolute atomic E-state index is 13.2. The Balaban J connectivity index is 2.00. The van der Waals surface area contributed by atoms with Crippen molar-refractivity contribution in [2.45, 2.75) is 6.92 Å². The Morgan fingerprint density at radius 1 is 1.24 bits per heavy atom. The van der Waals surface area contributed by atoms with Crippen LogP contribution in [0.3, 0.4) is 0 Å². The van der Waals surface area contributed by atoms with Crippen LogP contribution in [-0.4, -0.2) is 54.6 Å². The van der Waals surface area contributed by atoms with E-state index in [2.05, 4.69) is 0 Å². The van der Waals surface area contributed by atoms with Crippen molar-refractivity contribution in [1.29, 1.82) is 0 Å². The standard InChI is InChI=1S/C14H18FN3O3/c1-2-21-14(20)18-7-5-17(6-8-18)13(19)11-9-10(15)3-4-12(11)16/h3-4,9H,2,5-8,16H2,1H3. The Morgan fingerprint density at radius 2 is 1.86 bits per heavy atom. The first-order valence-electron chi connectivity index (χ1n) is 6.79. The number of halogens is 1. The van der Waals surface area contributed by atoms with Gasteiger partial charge < -0.3 is 20.3 Å². The van der Waals surface area contributed by atoms with E-state index >= 15 is 0 Å². The van der Waals surface area contributed by atoms with E-state index in [9.17, 15) is 14.0 Å². The van der Waals surface area contributed by atoms with Gasteiger partial charge in [-0.1, -0.05) is 0 Å². The van der Waals surface area contributed by atoms with Crippen LogP contribution in [-0.2, 0) is 4.74 Å². The van der Waals surface area contributed by atoms with E-state index in [-0.39, 0.29) is 23.3 Å². The predicted octanol–water partition coefficient (Wildman–Crippen LogP) is 1.32. The number of hydrogen-bond donors (Lipinski definition) is 1. The molecule has 2 amide bonds. The summed E-state index contributed by atoms with van der Waals surface area (Å²) in [5.41, 5.74) is 6.11. The number of amides is 2. The van der Waals surface area contributed by atoms with Gasteiger partial charge >= 0.3 is 6.09 Å². The molecule has 1 aliphatic heterocycles. The molecule has 2 N–H and O–H groups in total. The van der Waals surface area contributed by atoms with Gasteiger partial charge in [-0.2, -0.15) is 0 Å². The van der Waals surface area contributed by atoms with E-state index in [0.29, 0.717) is 32.8 Å². The second kappa shape index (κ2) is 6.43. The van der Waals surface area contributed by atoms with Gasteiger partial charge in [0.1, 0.15) is 5.82 Å². The summed E-state index contributed by atoms with van der Waals surface area (Å²) in [4.78, 5) is 27.0. The first-order chi connectivity index (χ1) is 10.0. The zero-order valence-electron chi connectivity index (χ0n) is 11.8. The highest BCUT2D eigenvalue weighted by Gasteiger charge is 2.26. The number of hydrogen-bond acceptors (Lipinski definition) is 4. The molecule has 0 saturated carbocycles. The molecule has 0 unspecified atom stereocenters. The molecule has 114 valence electrons. The normalized spacial score (nSPS) is 15.0. The largest absolute Gasteiger partial charge is 0.450 e. The van der Waals surface area contributed by atoms with Crippen molar-refractivity contribution in [1.82, 2.24) is 9.80 Å². The molecule has 1 saturated heterocycles. The summed E-state index contributed by atoms with van der Waals surface area (Å²) in [6.07, 6.45) is -0.380. The Bertz CT molecular complexity index is 542. The fourth-order valence-corrected chi connectivity index (χ4v) is 2.19. The molecular formula is C14H18FN3O3. The quantitative estimate of drug-likeness (QED) is 0.835. The minimum atomic E-state index is -0.502. The van der Waals surface area contributed by atoms with Gasteiger partial charge in [-0.25, -0.2) is 9.18 Å². The summed E-state index contributed by atoms with van der Waals surface area (Å²) in [5, 5.41) is 0. The van der Waals surface area contributed by atoms with Crippen molar-refractivity contribution in [3.63, 3.8) is 0 Å². The molecule has 0 bridgehead atoms. The molecule has 0 aromatic heterocycles. The third-order valence-electron chi connectivity index (χ3n) is 3.34. The zero-order valence-corrected chi connectivity index (χ0v) is 11.8. The Labute approximate surface area is 122 Å². The first-order valence-corrected chi connectivity index (χ1v) is 6.79. The topological polar surface area (TPSA) is 75.9 Å². The fourth-order valence-electron chi connectivity index (χ4n) is 2.19. The lowest BCUT2D eigenvalue weighted by molar-refractivity contribution is 0.0571. The van der Waals surface area contributed by atoms with Crippen LogP contribution < -0.4 is 5.73 Å². The van der Waals surface area contributed by atoms with Gasteiger partial charge in [-0.3, -0.25) is 4.79 Å². The molecule has 0 spiro atoms. The summed E-state index contributed by atoms with van der Waals surface area (Å²) in [6.45, 7) is 3.57. The van der Waals surface area contributed by atoms with Gasteiger partial charge in [-0.05, 0) is 25.1 Å². The minimum Gasteiger partial charge on any atom is -0.450 e. The molecule has 7 heteroatoms. The van der Waals surface area contributed by atoms with E-state index in [0.717, 1.165) is 6.07 Å². The van der Waals surface area contributed by atoms with Crippen LogP contribution >= 0.6 is 0 Å². The second-order valence-electron chi connectivity index (χ2n) is 4.71. The number of anilines is 1. The van der Waals surface area contributed by atoms with Gasteiger partial charge in [0, 0.05) is 31.9 Å². The van der Waals surface area contributed by atoms with E-state index in [4.69, 9.17) is 10.5 Å². The third-order valence-corrected chi connectivity index (χ3v) is 3.34. The summed E-state index contributed by atoms with van der Waals surface area (Å²) in [6, 6.07) is 3.72. The van der Waals surface area contributed by atoms with E-state index in [1.54, 1.807) is 16.7 Å². The molecule has 21 heavy (non-hydrogen) atoms. The summed E-state index contributed by atoms with van der Waals surface area (Å²) in [7, 11) is 0. The van der Waals surface area contributed by atoms with Crippen LogP contribution in [0.25, 0.3) is 0 Å². The first kappa shape index (κ1) is 15.1. The van der Waals surface area contributed by atoms with Crippen LogP contribution in [0.2, 0.25) is 0 Å². The second-order valence-corrected chi connectivity index (χ2v) is 4.71.